The number of amides is 3. The molecule has 1 aromatic heterocycles. The minimum absolute atomic E-state index is 0.0625. The summed E-state index contributed by atoms with van der Waals surface area (Å²) in [6.07, 6.45) is -3.09. The number of urea groups is 1. The Morgan fingerprint density at radius 2 is 2.00 bits per heavy atom. The van der Waals surface area contributed by atoms with E-state index < -0.39 is 23.4 Å². The number of carbonyl (C=O) groups is 2. The van der Waals surface area contributed by atoms with Crippen molar-refractivity contribution in [3.8, 4) is 5.75 Å². The summed E-state index contributed by atoms with van der Waals surface area (Å²) in [6.45, 7) is 5.51. The highest BCUT2D eigenvalue weighted by Crippen LogP contribution is 2.38. The molecule has 0 atom stereocenters. The molecule has 1 aliphatic rings. The van der Waals surface area contributed by atoms with Crippen LogP contribution in [0.2, 0.25) is 0 Å². The molecule has 1 saturated heterocycles. The van der Waals surface area contributed by atoms with Gasteiger partial charge >= 0.3 is 12.2 Å². The second-order valence-corrected chi connectivity index (χ2v) is 7.41. The maximum absolute atomic E-state index is 13.1. The van der Waals surface area contributed by atoms with Crippen LogP contribution in [0, 0.1) is 0 Å². The minimum atomic E-state index is -4.60. The first-order valence-corrected chi connectivity index (χ1v) is 9.31. The molecule has 3 amide bonds. The topological polar surface area (TPSA) is 84.7 Å². The summed E-state index contributed by atoms with van der Waals surface area (Å²) in [5.74, 6) is 0.0960. The molecule has 2 aromatic rings. The standard InChI is InChI=1S/C19H22F3N3O4/c1-4-6-11-13(8-7-12-14(11)29-24-15(12)19(20,21)22)28-10-5-9-25-16(26)18(2,3)23-17(25)27/h7-8H,4-6,9-10H2,1-3H3,(H,23,27). The summed E-state index contributed by atoms with van der Waals surface area (Å²) in [6, 6.07) is 2.30. The van der Waals surface area contributed by atoms with Crippen LogP contribution < -0.4 is 10.1 Å². The Labute approximate surface area is 165 Å². The molecule has 1 aromatic carbocycles. The first-order valence-electron chi connectivity index (χ1n) is 9.31. The van der Waals surface area contributed by atoms with Crippen molar-refractivity contribution in [1.82, 2.24) is 15.4 Å². The maximum atomic E-state index is 13.1. The predicted molar refractivity (Wildman–Crippen MR) is 97.4 cm³/mol. The molecule has 0 saturated carbocycles. The zero-order chi connectivity index (χ0) is 21.4. The lowest BCUT2D eigenvalue weighted by atomic mass is 10.0. The second-order valence-electron chi connectivity index (χ2n) is 7.41. The van der Waals surface area contributed by atoms with E-state index >= 15 is 0 Å². The molecule has 1 aliphatic heterocycles. The van der Waals surface area contributed by atoms with E-state index in [0.717, 1.165) is 4.90 Å². The van der Waals surface area contributed by atoms with Crippen LogP contribution in [0.1, 0.15) is 44.9 Å². The molecule has 2 heterocycles. The Hall–Kier alpha value is -2.78. The van der Waals surface area contributed by atoms with Gasteiger partial charge in [0.2, 0.25) is 0 Å². The van der Waals surface area contributed by atoms with Gasteiger partial charge in [-0.05, 0) is 38.8 Å². The molecule has 3 rings (SSSR count). The van der Waals surface area contributed by atoms with E-state index in [9.17, 15) is 22.8 Å². The van der Waals surface area contributed by atoms with Crippen molar-refractivity contribution in [3.63, 3.8) is 0 Å². The van der Waals surface area contributed by atoms with Gasteiger partial charge in [0.15, 0.2) is 11.3 Å². The van der Waals surface area contributed by atoms with Crippen LogP contribution >= 0.6 is 0 Å². The number of nitrogens with one attached hydrogen (secondary N) is 1. The third-order valence-electron chi connectivity index (χ3n) is 4.70. The van der Waals surface area contributed by atoms with Crippen LogP contribution in [0.4, 0.5) is 18.0 Å². The summed E-state index contributed by atoms with van der Waals surface area (Å²) in [5.41, 5.74) is -1.41. The van der Waals surface area contributed by atoms with Gasteiger partial charge in [0.25, 0.3) is 5.91 Å². The van der Waals surface area contributed by atoms with Crippen molar-refractivity contribution in [2.24, 2.45) is 0 Å². The molecule has 0 radical (unpaired) electrons. The number of carbonyl (C=O) groups excluding carboxylic acids is 2. The SMILES string of the molecule is CCCc1c(OCCCN2C(=O)NC(C)(C)C2=O)ccc2c(C(F)(F)F)noc12. The van der Waals surface area contributed by atoms with Gasteiger partial charge in [-0.3, -0.25) is 9.69 Å². The number of fused-ring (bicyclic) bond motifs is 1. The Kier molecular flexibility index (Phi) is 5.46. The molecule has 0 spiro atoms. The summed E-state index contributed by atoms with van der Waals surface area (Å²) in [4.78, 5) is 25.2. The number of nitrogens with zero attached hydrogens (tertiary/aromatic N) is 2. The van der Waals surface area contributed by atoms with Crippen LogP contribution in [0.3, 0.4) is 0 Å². The smallest absolute Gasteiger partial charge is 0.437 e. The molecule has 1 N–H and O–H groups in total. The van der Waals surface area contributed by atoms with Crippen molar-refractivity contribution in [3.05, 3.63) is 23.4 Å². The van der Waals surface area contributed by atoms with Crippen molar-refractivity contribution < 1.29 is 32.0 Å². The number of imide groups is 1. The van der Waals surface area contributed by atoms with Crippen molar-refractivity contribution in [1.29, 1.82) is 0 Å². The predicted octanol–water partition coefficient (Wildman–Crippen LogP) is 3.90. The van der Waals surface area contributed by atoms with E-state index in [2.05, 4.69) is 10.5 Å². The van der Waals surface area contributed by atoms with E-state index in [1.807, 2.05) is 6.92 Å². The molecule has 0 aliphatic carbocycles. The summed E-state index contributed by atoms with van der Waals surface area (Å²) >= 11 is 0. The van der Waals surface area contributed by atoms with Crippen LogP contribution in [0.5, 0.6) is 5.75 Å². The third kappa shape index (κ3) is 4.01. The molecule has 0 bridgehead atoms. The van der Waals surface area contributed by atoms with E-state index in [1.165, 1.54) is 12.1 Å². The second kappa shape index (κ2) is 7.57. The van der Waals surface area contributed by atoms with Gasteiger partial charge in [-0.25, -0.2) is 4.79 Å². The number of benzene rings is 1. The minimum Gasteiger partial charge on any atom is -0.493 e. The maximum Gasteiger partial charge on any atom is 0.437 e. The Morgan fingerprint density at radius 3 is 2.59 bits per heavy atom. The molecule has 1 fully saturated rings. The fraction of sp³-hybridized carbons (Fsp3) is 0.526. The van der Waals surface area contributed by atoms with Gasteiger partial charge in [0.1, 0.15) is 11.3 Å². The number of alkyl halides is 3. The average molecular weight is 413 g/mol. The highest BCUT2D eigenvalue weighted by molar-refractivity contribution is 6.06. The number of ether oxygens (including phenoxy) is 1. The molecule has 29 heavy (non-hydrogen) atoms. The molecule has 158 valence electrons. The van der Waals surface area contributed by atoms with Gasteiger partial charge in [0.05, 0.1) is 12.0 Å². The van der Waals surface area contributed by atoms with E-state index in [1.54, 1.807) is 13.8 Å². The van der Waals surface area contributed by atoms with Gasteiger partial charge in [-0.15, -0.1) is 0 Å². The van der Waals surface area contributed by atoms with Crippen molar-refractivity contribution in [2.75, 3.05) is 13.2 Å². The van der Waals surface area contributed by atoms with Gasteiger partial charge in [-0.1, -0.05) is 18.5 Å². The van der Waals surface area contributed by atoms with Crippen molar-refractivity contribution in [2.45, 2.75) is 51.7 Å². The van der Waals surface area contributed by atoms with Gasteiger partial charge in [-0.2, -0.15) is 13.2 Å². The molecule has 0 unspecified atom stereocenters. The lowest BCUT2D eigenvalue weighted by Crippen LogP contribution is -2.40. The first-order chi connectivity index (χ1) is 13.6. The van der Waals surface area contributed by atoms with Crippen LogP contribution in [0.25, 0.3) is 11.0 Å². The number of hydrogen-bond donors (Lipinski definition) is 1. The Bertz CT molecular complexity index is 937. The molecule has 10 heteroatoms. The number of rotatable bonds is 7. The van der Waals surface area contributed by atoms with Gasteiger partial charge in [0, 0.05) is 12.1 Å². The lowest BCUT2D eigenvalue weighted by molar-refractivity contribution is -0.141. The lowest BCUT2D eigenvalue weighted by Gasteiger charge is -2.16. The van der Waals surface area contributed by atoms with Gasteiger partial charge < -0.3 is 14.6 Å². The van der Waals surface area contributed by atoms with Crippen molar-refractivity contribution >= 4 is 22.9 Å². The van der Waals surface area contributed by atoms with E-state index in [0.29, 0.717) is 30.6 Å². The highest BCUT2D eigenvalue weighted by atomic mass is 19.4. The monoisotopic (exact) mass is 413 g/mol. The summed E-state index contributed by atoms with van der Waals surface area (Å²) < 4.78 is 49.9. The number of aromatic nitrogens is 1. The zero-order valence-corrected chi connectivity index (χ0v) is 16.4. The zero-order valence-electron chi connectivity index (χ0n) is 16.4. The molecular weight excluding hydrogens is 391 g/mol. The molecule has 7 nitrogen and oxygen atoms in total. The fourth-order valence-corrected chi connectivity index (χ4v) is 3.29. The van der Waals surface area contributed by atoms with E-state index in [-0.39, 0.29) is 30.0 Å². The highest BCUT2D eigenvalue weighted by Gasteiger charge is 2.43. The fourth-order valence-electron chi connectivity index (χ4n) is 3.29. The van der Waals surface area contributed by atoms with E-state index in [4.69, 9.17) is 9.26 Å². The average Bonchev–Trinajstić information content (AvgIpc) is 3.14. The third-order valence-corrected chi connectivity index (χ3v) is 4.70. The van der Waals surface area contributed by atoms with Crippen LogP contribution in [-0.2, 0) is 17.4 Å². The normalized spacial score (nSPS) is 16.6. The van der Waals surface area contributed by atoms with Crippen LogP contribution in [-0.4, -0.2) is 40.7 Å². The quantitative estimate of drug-likeness (QED) is 0.550. The first kappa shape index (κ1) is 20.9. The number of aryl methyl sites for hydroxylation is 1. The Morgan fingerprint density at radius 1 is 1.28 bits per heavy atom. The number of hydrogen-bond acceptors (Lipinski definition) is 5. The molecular formula is C19H22F3N3O4. The Balaban J connectivity index is 1.71. The van der Waals surface area contributed by atoms with Crippen LogP contribution in [0.15, 0.2) is 16.7 Å². The largest absolute Gasteiger partial charge is 0.493 e. The summed E-state index contributed by atoms with van der Waals surface area (Å²) in [7, 11) is 0. The number of halogens is 3. The summed E-state index contributed by atoms with van der Waals surface area (Å²) in [5, 5.41) is 5.68.